The molecule has 7 nitrogen and oxygen atoms in total. The molecule has 1 aromatic heterocycles. The van der Waals surface area contributed by atoms with Crippen LogP contribution in [0.3, 0.4) is 0 Å². The molecule has 5 rings (SSSR count). The molecule has 3 aromatic carbocycles. The largest absolute Gasteiger partial charge is 0.491 e. The lowest BCUT2D eigenvalue weighted by atomic mass is 9.96. The summed E-state index contributed by atoms with van der Waals surface area (Å²) in [4.78, 5) is 21.8. The average Bonchev–Trinajstić information content (AvgIpc) is 3.54. The van der Waals surface area contributed by atoms with Gasteiger partial charge in [0, 0.05) is 65.7 Å². The van der Waals surface area contributed by atoms with Gasteiger partial charge in [-0.2, -0.15) is 0 Å². The van der Waals surface area contributed by atoms with Gasteiger partial charge in [-0.1, -0.05) is 52.3 Å². The molecule has 0 bridgehead atoms. The monoisotopic (exact) mass is 694 g/mol. The Morgan fingerprint density at radius 2 is 1.80 bits per heavy atom. The smallest absolute Gasteiger partial charge is 0.251 e. The lowest BCUT2D eigenvalue weighted by Gasteiger charge is -2.30. The van der Waals surface area contributed by atoms with Crippen LogP contribution in [0.1, 0.15) is 76.6 Å². The minimum absolute atomic E-state index is 0.0397. The van der Waals surface area contributed by atoms with E-state index in [0.717, 1.165) is 103 Å². The molecule has 1 aliphatic rings. The molecule has 50 heavy (non-hydrogen) atoms. The van der Waals surface area contributed by atoms with E-state index in [1.165, 1.54) is 16.3 Å². The third kappa shape index (κ3) is 10.5. The van der Waals surface area contributed by atoms with Gasteiger partial charge in [0.05, 0.1) is 12.9 Å². The number of amides is 1. The lowest BCUT2D eigenvalue weighted by Crippen LogP contribution is -2.30. The van der Waals surface area contributed by atoms with Crippen molar-refractivity contribution in [2.24, 2.45) is 5.92 Å². The second kappa shape index (κ2) is 18.8. The Balaban J connectivity index is 1.30. The number of nitrogens with zero attached hydrogens (tertiary/aromatic N) is 3. The summed E-state index contributed by atoms with van der Waals surface area (Å²) in [7, 11) is 0. The molecule has 0 radical (unpaired) electrons. The number of imidazole rings is 1. The number of unbranched alkanes of at least 4 members (excludes halogenated alkanes) is 1. The van der Waals surface area contributed by atoms with Gasteiger partial charge in [-0.15, -0.1) is 11.8 Å². The van der Waals surface area contributed by atoms with Gasteiger partial charge < -0.3 is 24.3 Å². The van der Waals surface area contributed by atoms with Crippen molar-refractivity contribution in [1.29, 1.82) is 0 Å². The third-order valence-corrected chi connectivity index (χ3v) is 10.1. The van der Waals surface area contributed by atoms with Crippen LogP contribution in [-0.4, -0.2) is 48.4 Å². The van der Waals surface area contributed by atoms with Crippen LogP contribution in [0.2, 0.25) is 0 Å². The standard InChI is InChI=1S/C42H54N4O3S/c1-6-8-21-48-22-23-49-39-15-11-33(12-16-39)34-13-17-40-36(25-34)26-35(10-9-20-45(40)28-31(3)4)42(47)44-37-14-18-41(32(5)24-37)50-29-38-27-43-30-46(38)19-7-2/h11-18,24-27,30-31H,6-10,19-23,28-29H2,1-5H3,(H,44,47). The summed E-state index contributed by atoms with van der Waals surface area (Å²) in [6.07, 6.45) is 10.9. The van der Waals surface area contributed by atoms with Crippen LogP contribution in [0.15, 0.2) is 83.7 Å². The van der Waals surface area contributed by atoms with Crippen LogP contribution in [0, 0.1) is 12.8 Å². The number of benzene rings is 3. The topological polar surface area (TPSA) is 68.6 Å². The van der Waals surface area contributed by atoms with E-state index in [1.807, 2.05) is 42.5 Å². The van der Waals surface area contributed by atoms with Gasteiger partial charge in [0.2, 0.25) is 0 Å². The Morgan fingerprint density at radius 3 is 2.56 bits per heavy atom. The van der Waals surface area contributed by atoms with Crippen LogP contribution in [0.25, 0.3) is 17.2 Å². The number of ether oxygens (including phenoxy) is 2. The summed E-state index contributed by atoms with van der Waals surface area (Å²) in [6.45, 7) is 15.8. The number of carbonyl (C=O) groups is 1. The Morgan fingerprint density at radius 1 is 0.980 bits per heavy atom. The molecule has 1 N–H and O–H groups in total. The Hall–Kier alpha value is -4.01. The summed E-state index contributed by atoms with van der Waals surface area (Å²) in [5, 5.41) is 3.21. The van der Waals surface area contributed by atoms with E-state index in [0.29, 0.717) is 19.1 Å². The van der Waals surface area contributed by atoms with Crippen molar-refractivity contribution in [2.45, 2.75) is 83.9 Å². The molecule has 0 spiro atoms. The number of thioether (sulfide) groups is 1. The Bertz CT molecular complexity index is 1710. The quantitative estimate of drug-likeness (QED) is 0.0877. The molecular weight excluding hydrogens is 641 g/mol. The molecule has 1 aliphatic heterocycles. The number of carbonyl (C=O) groups excluding carboxylic acids is 1. The normalized spacial score (nSPS) is 13.1. The van der Waals surface area contributed by atoms with E-state index in [-0.39, 0.29) is 5.91 Å². The number of fused-ring (bicyclic) bond motifs is 1. The molecule has 1 amide bonds. The van der Waals surface area contributed by atoms with Crippen molar-refractivity contribution >= 4 is 35.1 Å². The molecule has 8 heteroatoms. The predicted octanol–water partition coefficient (Wildman–Crippen LogP) is 10.0. The molecule has 0 fully saturated rings. The number of nitrogens with one attached hydrogen (secondary N) is 1. The second-order valence-electron chi connectivity index (χ2n) is 13.5. The fraction of sp³-hybridized carbons (Fsp3) is 0.429. The zero-order valence-electron chi connectivity index (χ0n) is 30.5. The molecule has 266 valence electrons. The van der Waals surface area contributed by atoms with Crippen LogP contribution in [-0.2, 0) is 21.8 Å². The summed E-state index contributed by atoms with van der Waals surface area (Å²) in [5.41, 5.74) is 8.47. The van der Waals surface area contributed by atoms with Crippen molar-refractivity contribution in [3.8, 4) is 16.9 Å². The van der Waals surface area contributed by atoms with Crippen LogP contribution < -0.4 is 15.0 Å². The van der Waals surface area contributed by atoms with Crippen molar-refractivity contribution in [2.75, 3.05) is 43.1 Å². The first kappa shape index (κ1) is 37.3. The highest BCUT2D eigenvalue weighted by molar-refractivity contribution is 7.98. The SMILES string of the molecule is CCCCOCCOc1ccc(-c2ccc3c(c2)C=C(C(=O)Nc2ccc(SCc4cncn4CCC)c(C)c2)CCCN3CC(C)C)cc1. The molecule has 0 aliphatic carbocycles. The van der Waals surface area contributed by atoms with Crippen LogP contribution in [0.4, 0.5) is 11.4 Å². The minimum Gasteiger partial charge on any atom is -0.491 e. The Kier molecular flexibility index (Phi) is 14.0. The van der Waals surface area contributed by atoms with Crippen molar-refractivity contribution in [3.05, 3.63) is 95.6 Å². The lowest BCUT2D eigenvalue weighted by molar-refractivity contribution is -0.112. The third-order valence-electron chi connectivity index (χ3n) is 8.85. The van der Waals surface area contributed by atoms with Gasteiger partial charge in [-0.3, -0.25) is 4.79 Å². The van der Waals surface area contributed by atoms with E-state index in [1.54, 1.807) is 0 Å². The predicted molar refractivity (Wildman–Crippen MR) is 209 cm³/mol. The first-order valence-corrected chi connectivity index (χ1v) is 19.3. The van der Waals surface area contributed by atoms with Crippen molar-refractivity contribution in [1.82, 2.24) is 9.55 Å². The Labute approximate surface area is 303 Å². The number of rotatable bonds is 17. The van der Waals surface area contributed by atoms with E-state index in [4.69, 9.17) is 9.47 Å². The molecule has 0 atom stereocenters. The van der Waals surface area contributed by atoms with Gasteiger partial charge in [0.1, 0.15) is 12.4 Å². The fourth-order valence-corrected chi connectivity index (χ4v) is 7.26. The van der Waals surface area contributed by atoms with Gasteiger partial charge >= 0.3 is 0 Å². The van der Waals surface area contributed by atoms with E-state index < -0.39 is 0 Å². The number of aryl methyl sites for hydroxylation is 2. The fourth-order valence-electron chi connectivity index (χ4n) is 6.26. The molecule has 0 unspecified atom stereocenters. The molecule has 0 saturated heterocycles. The zero-order valence-corrected chi connectivity index (χ0v) is 31.4. The van der Waals surface area contributed by atoms with E-state index in [9.17, 15) is 4.79 Å². The van der Waals surface area contributed by atoms with Crippen LogP contribution in [0.5, 0.6) is 5.75 Å². The number of hydrogen-bond donors (Lipinski definition) is 1. The molecule has 4 aromatic rings. The highest BCUT2D eigenvalue weighted by atomic mass is 32.2. The summed E-state index contributed by atoms with van der Waals surface area (Å²) < 4.78 is 13.8. The molecule has 0 saturated carbocycles. The van der Waals surface area contributed by atoms with E-state index >= 15 is 0 Å². The van der Waals surface area contributed by atoms with Crippen molar-refractivity contribution in [3.63, 3.8) is 0 Å². The van der Waals surface area contributed by atoms with Gasteiger partial charge in [-0.05, 0) is 109 Å². The average molecular weight is 695 g/mol. The second-order valence-corrected chi connectivity index (χ2v) is 14.5. The molecule has 2 heterocycles. The number of aromatic nitrogens is 2. The maximum absolute atomic E-state index is 13.8. The number of hydrogen-bond acceptors (Lipinski definition) is 6. The van der Waals surface area contributed by atoms with E-state index in [2.05, 4.69) is 103 Å². The highest BCUT2D eigenvalue weighted by Gasteiger charge is 2.20. The summed E-state index contributed by atoms with van der Waals surface area (Å²) >= 11 is 1.81. The molecular formula is C42H54N4O3S. The maximum atomic E-state index is 13.8. The first-order valence-electron chi connectivity index (χ1n) is 18.3. The first-order chi connectivity index (χ1) is 24.3. The van der Waals surface area contributed by atoms with Crippen LogP contribution >= 0.6 is 11.8 Å². The highest BCUT2D eigenvalue weighted by Crippen LogP contribution is 2.34. The van der Waals surface area contributed by atoms with Gasteiger partial charge in [0.15, 0.2) is 0 Å². The zero-order chi connectivity index (χ0) is 35.3. The summed E-state index contributed by atoms with van der Waals surface area (Å²) in [5.74, 6) is 2.19. The maximum Gasteiger partial charge on any atom is 0.251 e. The van der Waals surface area contributed by atoms with Gasteiger partial charge in [0.25, 0.3) is 5.91 Å². The van der Waals surface area contributed by atoms with Crippen molar-refractivity contribution < 1.29 is 14.3 Å². The number of anilines is 2. The van der Waals surface area contributed by atoms with Gasteiger partial charge in [-0.25, -0.2) is 4.98 Å². The summed E-state index contributed by atoms with van der Waals surface area (Å²) in [6, 6.07) is 21.1. The minimum atomic E-state index is -0.0397.